The molecular weight excluding hydrogens is 520 g/mol. The summed E-state index contributed by atoms with van der Waals surface area (Å²) >= 11 is 0. The molecule has 2 aromatic carbocycles. The Bertz CT molecular complexity index is 1410. The molecule has 0 bridgehead atoms. The molecule has 0 fully saturated rings. The number of alkyl carbamates (subject to hydrolysis) is 1. The van der Waals surface area contributed by atoms with E-state index < -0.39 is 39.4 Å². The van der Waals surface area contributed by atoms with Gasteiger partial charge in [0.15, 0.2) is 0 Å². The lowest BCUT2D eigenvalue weighted by atomic mass is 10.0. The molecule has 212 valence electrons. The van der Waals surface area contributed by atoms with Crippen LogP contribution in [-0.2, 0) is 41.5 Å². The fourth-order valence-electron chi connectivity index (χ4n) is 3.92. The molecule has 1 aromatic heterocycles. The minimum Gasteiger partial charge on any atom is -0.458 e. The maximum absolute atomic E-state index is 13.1. The molecule has 0 saturated carbocycles. The number of para-hydroxylation sites is 1. The first-order valence-electron chi connectivity index (χ1n) is 12.8. The molecule has 0 aliphatic rings. The third-order valence-corrected chi connectivity index (χ3v) is 6.88. The molecule has 1 atom stereocenters. The van der Waals surface area contributed by atoms with E-state index >= 15 is 0 Å². The maximum Gasteiger partial charge on any atom is 0.408 e. The molecule has 10 heteroatoms. The van der Waals surface area contributed by atoms with Gasteiger partial charge in [0.2, 0.25) is 0 Å². The molecule has 0 radical (unpaired) electrons. The summed E-state index contributed by atoms with van der Waals surface area (Å²) in [6, 6.07) is 13.0. The molecule has 0 saturated heterocycles. The summed E-state index contributed by atoms with van der Waals surface area (Å²) in [4.78, 5) is 25.7. The molecule has 1 heterocycles. The predicted molar refractivity (Wildman–Crippen MR) is 149 cm³/mol. The number of amides is 1. The zero-order valence-corrected chi connectivity index (χ0v) is 24.4. The molecule has 3 aromatic rings. The van der Waals surface area contributed by atoms with Gasteiger partial charge in [0.1, 0.15) is 17.2 Å². The summed E-state index contributed by atoms with van der Waals surface area (Å²) in [6.45, 7) is 12.5. The van der Waals surface area contributed by atoms with Crippen LogP contribution in [0.4, 0.5) is 4.79 Å². The minimum atomic E-state index is -3.91. The van der Waals surface area contributed by atoms with Crippen molar-refractivity contribution in [2.24, 2.45) is 0 Å². The van der Waals surface area contributed by atoms with Gasteiger partial charge < -0.3 is 19.4 Å². The zero-order chi connectivity index (χ0) is 29.0. The smallest absolute Gasteiger partial charge is 0.408 e. The van der Waals surface area contributed by atoms with Crippen LogP contribution in [0.3, 0.4) is 0 Å². The summed E-state index contributed by atoms with van der Waals surface area (Å²) in [5.41, 5.74) is 1.07. The number of rotatable bonds is 9. The number of nitrogens with one attached hydrogen (secondary N) is 1. The molecule has 0 aliphatic carbocycles. The number of ether oxygens (including phenoxy) is 2. The number of hydrogen-bond donors (Lipinski definition) is 1. The Morgan fingerprint density at radius 3 is 2.15 bits per heavy atom. The number of aromatic nitrogens is 1. The van der Waals surface area contributed by atoms with E-state index in [0.717, 1.165) is 22.0 Å². The van der Waals surface area contributed by atoms with Crippen LogP contribution >= 0.6 is 0 Å². The van der Waals surface area contributed by atoms with Crippen LogP contribution in [0.25, 0.3) is 10.9 Å². The summed E-state index contributed by atoms with van der Waals surface area (Å²) in [5, 5.41) is 3.51. The highest BCUT2D eigenvalue weighted by molar-refractivity contribution is 7.86. The maximum atomic E-state index is 13.1. The van der Waals surface area contributed by atoms with Gasteiger partial charge in [-0.25, -0.2) is 9.59 Å². The highest BCUT2D eigenvalue weighted by atomic mass is 32.2. The third kappa shape index (κ3) is 8.83. The Morgan fingerprint density at radius 2 is 1.54 bits per heavy atom. The van der Waals surface area contributed by atoms with Gasteiger partial charge in [-0.15, -0.1) is 0 Å². The van der Waals surface area contributed by atoms with Gasteiger partial charge in [-0.3, -0.25) is 4.18 Å². The lowest BCUT2D eigenvalue weighted by molar-refractivity contribution is -0.157. The highest BCUT2D eigenvalue weighted by Gasteiger charge is 2.30. The van der Waals surface area contributed by atoms with E-state index in [-0.39, 0.29) is 24.5 Å². The largest absolute Gasteiger partial charge is 0.458 e. The van der Waals surface area contributed by atoms with E-state index in [1.165, 1.54) is 12.1 Å². The van der Waals surface area contributed by atoms with Crippen LogP contribution in [0.15, 0.2) is 59.6 Å². The number of benzene rings is 2. The number of fused-ring (bicyclic) bond motifs is 1. The van der Waals surface area contributed by atoms with Crippen molar-refractivity contribution in [3.8, 4) is 0 Å². The highest BCUT2D eigenvalue weighted by Crippen LogP contribution is 2.24. The van der Waals surface area contributed by atoms with Gasteiger partial charge in [-0.2, -0.15) is 8.42 Å². The topological polar surface area (TPSA) is 113 Å². The monoisotopic (exact) mass is 558 g/mol. The van der Waals surface area contributed by atoms with Crippen molar-refractivity contribution in [1.29, 1.82) is 0 Å². The van der Waals surface area contributed by atoms with Crippen LogP contribution in [0.5, 0.6) is 0 Å². The number of hydrogen-bond acceptors (Lipinski definition) is 7. The van der Waals surface area contributed by atoms with Crippen molar-refractivity contribution < 1.29 is 31.7 Å². The van der Waals surface area contributed by atoms with Gasteiger partial charge in [0.25, 0.3) is 10.1 Å². The van der Waals surface area contributed by atoms with Crippen LogP contribution < -0.4 is 5.32 Å². The van der Waals surface area contributed by atoms with E-state index in [2.05, 4.69) is 5.32 Å². The van der Waals surface area contributed by atoms with Crippen LogP contribution in [0.2, 0.25) is 0 Å². The van der Waals surface area contributed by atoms with Gasteiger partial charge in [-0.1, -0.05) is 35.9 Å². The van der Waals surface area contributed by atoms with Crippen molar-refractivity contribution in [2.45, 2.75) is 83.6 Å². The summed E-state index contributed by atoms with van der Waals surface area (Å²) in [6.07, 6.45) is 1.25. The quantitative estimate of drug-likeness (QED) is 0.286. The van der Waals surface area contributed by atoms with E-state index in [1.807, 2.05) is 42.0 Å². The summed E-state index contributed by atoms with van der Waals surface area (Å²) in [7, 11) is -3.91. The molecular formula is C29H38N2O7S. The molecule has 39 heavy (non-hydrogen) atoms. The Labute approximate surface area is 230 Å². The first-order valence-corrected chi connectivity index (χ1v) is 14.2. The van der Waals surface area contributed by atoms with Crippen molar-refractivity contribution in [1.82, 2.24) is 9.88 Å². The van der Waals surface area contributed by atoms with Crippen LogP contribution in [0.1, 0.15) is 52.7 Å². The van der Waals surface area contributed by atoms with Crippen molar-refractivity contribution >= 4 is 33.1 Å². The predicted octanol–water partition coefficient (Wildman–Crippen LogP) is 5.13. The number of nitrogens with zero attached hydrogens (tertiary/aromatic N) is 1. The fourth-order valence-corrected chi connectivity index (χ4v) is 4.82. The standard InChI is InChI=1S/C29H38N2O7S/c1-20-12-14-22(15-13-20)39(34,35)36-17-16-31-19-21(23-10-8-9-11-25(23)31)18-24(26(32)37-28(2,3)4)30-27(33)38-29(5,6)7/h8-15,19,24H,16-18H2,1-7H3,(H,30,33)/t24-/m0/s1. The van der Waals surface area contributed by atoms with Gasteiger partial charge in [0, 0.05) is 30.1 Å². The fraction of sp³-hybridized carbons (Fsp3) is 0.448. The molecule has 0 unspecified atom stereocenters. The lowest BCUT2D eigenvalue weighted by Gasteiger charge is -2.26. The van der Waals surface area contributed by atoms with Crippen molar-refractivity contribution in [2.75, 3.05) is 6.61 Å². The Balaban J connectivity index is 1.82. The second-order valence-electron chi connectivity index (χ2n) is 11.4. The van der Waals surface area contributed by atoms with E-state index in [0.29, 0.717) is 0 Å². The summed E-state index contributed by atoms with van der Waals surface area (Å²) in [5.74, 6) is -0.585. The van der Waals surface area contributed by atoms with Gasteiger partial charge in [0.05, 0.1) is 11.5 Å². The molecule has 1 amide bonds. The van der Waals surface area contributed by atoms with E-state index in [1.54, 1.807) is 53.7 Å². The normalized spacial score (nSPS) is 13.2. The third-order valence-electron chi connectivity index (χ3n) is 5.56. The average Bonchev–Trinajstić information content (AvgIpc) is 3.14. The summed E-state index contributed by atoms with van der Waals surface area (Å²) < 4.78 is 43.3. The average molecular weight is 559 g/mol. The second-order valence-corrected chi connectivity index (χ2v) is 13.0. The zero-order valence-electron chi connectivity index (χ0n) is 23.6. The number of aryl methyl sites for hydroxylation is 1. The number of carbonyl (C=O) groups excluding carboxylic acids is 2. The van der Waals surface area contributed by atoms with Crippen molar-refractivity contribution in [3.05, 3.63) is 65.9 Å². The van der Waals surface area contributed by atoms with E-state index in [9.17, 15) is 18.0 Å². The first-order chi connectivity index (χ1) is 18.0. The first kappa shape index (κ1) is 30.2. The molecule has 0 spiro atoms. The van der Waals surface area contributed by atoms with Crippen LogP contribution in [0, 0.1) is 6.92 Å². The second kappa shape index (κ2) is 11.8. The molecule has 1 N–H and O–H groups in total. The van der Waals surface area contributed by atoms with Crippen LogP contribution in [-0.4, -0.2) is 48.9 Å². The molecule has 3 rings (SSSR count). The molecule has 0 aliphatic heterocycles. The number of carbonyl (C=O) groups is 2. The van der Waals surface area contributed by atoms with Gasteiger partial charge in [-0.05, 0) is 72.2 Å². The number of esters is 1. The lowest BCUT2D eigenvalue weighted by Crippen LogP contribution is -2.47. The minimum absolute atomic E-state index is 0.0834. The molecule has 9 nitrogen and oxygen atoms in total. The SMILES string of the molecule is Cc1ccc(S(=O)(=O)OCCn2cc(C[C@H](NC(=O)OC(C)(C)C)C(=O)OC(C)(C)C)c3ccccc32)cc1. The Kier molecular flexibility index (Phi) is 9.12. The Hall–Kier alpha value is -3.37. The Morgan fingerprint density at radius 1 is 0.923 bits per heavy atom. The van der Waals surface area contributed by atoms with E-state index in [4.69, 9.17) is 13.7 Å². The van der Waals surface area contributed by atoms with Crippen molar-refractivity contribution in [3.63, 3.8) is 0 Å². The van der Waals surface area contributed by atoms with Gasteiger partial charge >= 0.3 is 12.1 Å².